The van der Waals surface area contributed by atoms with Crippen molar-refractivity contribution in [3.63, 3.8) is 0 Å². The van der Waals surface area contributed by atoms with Crippen LogP contribution in [0.1, 0.15) is 11.4 Å². The summed E-state index contributed by atoms with van der Waals surface area (Å²) in [5.74, 6) is 1.83. The first-order valence-corrected chi connectivity index (χ1v) is 7.84. The fourth-order valence-corrected chi connectivity index (χ4v) is 2.97. The second-order valence-corrected chi connectivity index (χ2v) is 5.92. The van der Waals surface area contributed by atoms with E-state index >= 15 is 0 Å². The maximum absolute atomic E-state index is 5.54. The molecule has 1 heterocycles. The number of aryl methyl sites for hydroxylation is 2. The van der Waals surface area contributed by atoms with E-state index in [2.05, 4.69) is 14.9 Å². The van der Waals surface area contributed by atoms with Crippen molar-refractivity contribution in [1.29, 1.82) is 0 Å². The SMILES string of the molecule is COc1ccccc1CC(=S)Nc1cccc2nc(C)n(C)c12. The Balaban J connectivity index is 1.86. The lowest BCUT2D eigenvalue weighted by atomic mass is 10.1. The number of nitrogens with zero attached hydrogens (tertiary/aromatic N) is 2. The zero-order valence-corrected chi connectivity index (χ0v) is 14.3. The molecule has 0 saturated heterocycles. The first-order chi connectivity index (χ1) is 11.1. The third-order valence-corrected chi connectivity index (χ3v) is 4.18. The standard InChI is InChI=1S/C18H19N3OS/c1-12-19-14-8-6-9-15(18(14)21(12)2)20-17(23)11-13-7-4-5-10-16(13)22-3/h4-10H,11H2,1-3H3,(H,20,23). The smallest absolute Gasteiger partial charge is 0.122 e. The van der Waals surface area contributed by atoms with Crippen molar-refractivity contribution in [3.8, 4) is 5.75 Å². The molecule has 0 amide bonds. The number of thiocarbonyl (C=S) groups is 1. The van der Waals surface area contributed by atoms with E-state index in [1.807, 2.05) is 56.4 Å². The number of hydrogen-bond acceptors (Lipinski definition) is 3. The van der Waals surface area contributed by atoms with Gasteiger partial charge < -0.3 is 14.6 Å². The minimum atomic E-state index is 0.632. The van der Waals surface area contributed by atoms with Gasteiger partial charge in [-0.05, 0) is 25.1 Å². The second kappa shape index (κ2) is 6.38. The van der Waals surface area contributed by atoms with Gasteiger partial charge in [0.25, 0.3) is 0 Å². The van der Waals surface area contributed by atoms with Gasteiger partial charge in [0.05, 0.1) is 28.8 Å². The molecule has 0 atom stereocenters. The molecule has 0 aliphatic heterocycles. The maximum Gasteiger partial charge on any atom is 0.122 e. The zero-order chi connectivity index (χ0) is 16.4. The van der Waals surface area contributed by atoms with Crippen LogP contribution in [0.5, 0.6) is 5.75 Å². The van der Waals surface area contributed by atoms with Gasteiger partial charge in [-0.3, -0.25) is 0 Å². The summed E-state index contributed by atoms with van der Waals surface area (Å²) in [4.78, 5) is 5.30. The molecule has 1 aromatic heterocycles. The van der Waals surface area contributed by atoms with Crippen LogP contribution in [0, 0.1) is 6.92 Å². The van der Waals surface area contributed by atoms with E-state index in [4.69, 9.17) is 17.0 Å². The highest BCUT2D eigenvalue weighted by atomic mass is 32.1. The molecule has 0 bridgehead atoms. The van der Waals surface area contributed by atoms with Crippen LogP contribution in [0.25, 0.3) is 11.0 Å². The molecular weight excluding hydrogens is 306 g/mol. The van der Waals surface area contributed by atoms with Crippen molar-refractivity contribution in [2.45, 2.75) is 13.3 Å². The topological polar surface area (TPSA) is 39.1 Å². The van der Waals surface area contributed by atoms with Gasteiger partial charge in [0.2, 0.25) is 0 Å². The van der Waals surface area contributed by atoms with Gasteiger partial charge in [-0.15, -0.1) is 0 Å². The first-order valence-electron chi connectivity index (χ1n) is 7.44. The molecule has 2 aromatic carbocycles. The highest BCUT2D eigenvalue weighted by Crippen LogP contribution is 2.25. The predicted octanol–water partition coefficient (Wildman–Crippen LogP) is 3.87. The van der Waals surface area contributed by atoms with Gasteiger partial charge in [0.1, 0.15) is 11.6 Å². The largest absolute Gasteiger partial charge is 0.496 e. The van der Waals surface area contributed by atoms with Crippen LogP contribution >= 0.6 is 12.2 Å². The van der Waals surface area contributed by atoms with Crippen molar-refractivity contribution < 1.29 is 4.74 Å². The van der Waals surface area contributed by atoms with Gasteiger partial charge in [-0.1, -0.05) is 36.5 Å². The van der Waals surface area contributed by atoms with E-state index in [1.54, 1.807) is 7.11 Å². The first kappa shape index (κ1) is 15.5. The Morgan fingerprint density at radius 3 is 2.78 bits per heavy atom. The molecular formula is C18H19N3OS. The number of ether oxygens (including phenoxy) is 1. The van der Waals surface area contributed by atoms with E-state index in [0.29, 0.717) is 6.42 Å². The van der Waals surface area contributed by atoms with Crippen LogP contribution in [0.15, 0.2) is 42.5 Å². The minimum absolute atomic E-state index is 0.632. The molecule has 3 rings (SSSR count). The number of methoxy groups -OCH3 is 1. The quantitative estimate of drug-likeness (QED) is 0.739. The van der Waals surface area contributed by atoms with Crippen LogP contribution in [0.2, 0.25) is 0 Å². The number of benzene rings is 2. The summed E-state index contributed by atoms with van der Waals surface area (Å²) >= 11 is 5.54. The average molecular weight is 325 g/mol. The predicted molar refractivity (Wildman–Crippen MR) is 98.4 cm³/mol. The van der Waals surface area contributed by atoms with Gasteiger partial charge >= 0.3 is 0 Å². The molecule has 0 aliphatic rings. The average Bonchev–Trinajstić information content (AvgIpc) is 2.83. The minimum Gasteiger partial charge on any atom is -0.496 e. The van der Waals surface area contributed by atoms with Crippen LogP contribution in [-0.4, -0.2) is 21.6 Å². The highest BCUT2D eigenvalue weighted by Gasteiger charge is 2.11. The Bertz CT molecular complexity index is 870. The Morgan fingerprint density at radius 1 is 1.22 bits per heavy atom. The molecule has 0 fully saturated rings. The number of hydrogen-bond donors (Lipinski definition) is 1. The summed E-state index contributed by atoms with van der Waals surface area (Å²) in [7, 11) is 3.69. The molecule has 3 aromatic rings. The summed E-state index contributed by atoms with van der Waals surface area (Å²) in [6.45, 7) is 2.00. The van der Waals surface area contributed by atoms with Crippen molar-refractivity contribution >= 4 is 33.9 Å². The molecule has 23 heavy (non-hydrogen) atoms. The fourth-order valence-electron chi connectivity index (χ4n) is 2.70. The lowest BCUT2D eigenvalue weighted by molar-refractivity contribution is 0.411. The highest BCUT2D eigenvalue weighted by molar-refractivity contribution is 7.80. The second-order valence-electron chi connectivity index (χ2n) is 5.43. The number of fused-ring (bicyclic) bond motifs is 1. The Hall–Kier alpha value is -2.40. The molecule has 0 saturated carbocycles. The number of anilines is 1. The summed E-state index contributed by atoms with van der Waals surface area (Å²) in [5, 5.41) is 3.35. The molecule has 1 N–H and O–H groups in total. The van der Waals surface area contributed by atoms with Gasteiger partial charge in [-0.25, -0.2) is 4.98 Å². The number of imidazole rings is 1. The molecule has 0 spiro atoms. The Labute approximate surface area is 141 Å². The lowest BCUT2D eigenvalue weighted by Crippen LogP contribution is -2.13. The van der Waals surface area contributed by atoms with E-state index in [1.165, 1.54) is 0 Å². The lowest BCUT2D eigenvalue weighted by Gasteiger charge is -2.12. The van der Waals surface area contributed by atoms with E-state index < -0.39 is 0 Å². The fraction of sp³-hybridized carbons (Fsp3) is 0.222. The number of para-hydroxylation sites is 2. The summed E-state index contributed by atoms with van der Waals surface area (Å²) < 4.78 is 7.46. The monoisotopic (exact) mass is 325 g/mol. The molecule has 4 nitrogen and oxygen atoms in total. The molecule has 0 radical (unpaired) electrons. The van der Waals surface area contributed by atoms with Gasteiger partial charge in [0, 0.05) is 19.0 Å². The molecule has 118 valence electrons. The normalized spacial score (nSPS) is 10.7. The van der Waals surface area contributed by atoms with Gasteiger partial charge in [-0.2, -0.15) is 0 Å². The number of nitrogens with one attached hydrogen (secondary N) is 1. The van der Waals surface area contributed by atoms with Crippen molar-refractivity contribution in [1.82, 2.24) is 9.55 Å². The number of rotatable bonds is 4. The van der Waals surface area contributed by atoms with E-state index in [0.717, 1.165) is 38.8 Å². The molecule has 0 unspecified atom stereocenters. The summed E-state index contributed by atoms with van der Waals surface area (Å²) in [6.07, 6.45) is 0.632. The Kier molecular flexibility index (Phi) is 4.30. The number of aromatic nitrogens is 2. The van der Waals surface area contributed by atoms with Crippen LogP contribution < -0.4 is 10.1 Å². The third-order valence-electron chi connectivity index (χ3n) is 3.94. The van der Waals surface area contributed by atoms with E-state index in [9.17, 15) is 0 Å². The van der Waals surface area contributed by atoms with Crippen molar-refractivity contribution in [3.05, 3.63) is 53.9 Å². The van der Waals surface area contributed by atoms with Crippen molar-refractivity contribution in [2.24, 2.45) is 7.05 Å². The Morgan fingerprint density at radius 2 is 2.00 bits per heavy atom. The summed E-state index contributed by atoms with van der Waals surface area (Å²) in [5.41, 5.74) is 4.08. The van der Waals surface area contributed by atoms with Crippen LogP contribution in [0.4, 0.5) is 5.69 Å². The van der Waals surface area contributed by atoms with Crippen LogP contribution in [0.3, 0.4) is 0 Å². The summed E-state index contributed by atoms with van der Waals surface area (Å²) in [6, 6.07) is 14.0. The maximum atomic E-state index is 5.54. The molecule has 0 aliphatic carbocycles. The van der Waals surface area contributed by atoms with Crippen LogP contribution in [-0.2, 0) is 13.5 Å². The van der Waals surface area contributed by atoms with Crippen molar-refractivity contribution in [2.75, 3.05) is 12.4 Å². The molecule has 5 heteroatoms. The third kappa shape index (κ3) is 3.05. The van der Waals surface area contributed by atoms with E-state index in [-0.39, 0.29) is 0 Å². The zero-order valence-electron chi connectivity index (χ0n) is 13.5. The van der Waals surface area contributed by atoms with Gasteiger partial charge in [0.15, 0.2) is 0 Å².